The predicted molar refractivity (Wildman–Crippen MR) is 83.0 cm³/mol. The molecule has 0 radical (unpaired) electrons. The predicted octanol–water partition coefficient (Wildman–Crippen LogP) is 2.69. The van der Waals surface area contributed by atoms with Crippen LogP contribution in [-0.4, -0.2) is 25.2 Å². The third-order valence-corrected chi connectivity index (χ3v) is 5.48. The minimum atomic E-state index is 0.605. The average Bonchev–Trinajstić information content (AvgIpc) is 3.37. The highest BCUT2D eigenvalue weighted by Crippen LogP contribution is 2.59. The minimum absolute atomic E-state index is 0.605. The molecule has 0 heterocycles. The van der Waals surface area contributed by atoms with Crippen molar-refractivity contribution in [2.24, 2.45) is 11.8 Å². The molecule has 3 aliphatic carbocycles. The van der Waals surface area contributed by atoms with Crippen molar-refractivity contribution in [1.82, 2.24) is 10.6 Å². The Morgan fingerprint density at radius 1 is 1.20 bits per heavy atom. The Morgan fingerprint density at radius 3 is 2.90 bits per heavy atom. The Labute approximate surface area is 122 Å². The maximum Gasteiger partial charge on any atom is 0.0164 e. The number of hydrogen-bond donors (Lipinski definition) is 2. The van der Waals surface area contributed by atoms with Crippen LogP contribution in [0.3, 0.4) is 0 Å². The first-order chi connectivity index (χ1) is 9.83. The summed E-state index contributed by atoms with van der Waals surface area (Å²) < 4.78 is 0. The summed E-state index contributed by atoms with van der Waals surface area (Å²) in [6.45, 7) is 4.65. The van der Waals surface area contributed by atoms with Crippen LogP contribution in [0.15, 0.2) is 24.3 Å². The van der Waals surface area contributed by atoms with E-state index < -0.39 is 0 Å². The number of rotatable bonds is 6. The van der Waals surface area contributed by atoms with Crippen molar-refractivity contribution in [3.05, 3.63) is 35.4 Å². The van der Waals surface area contributed by atoms with Crippen LogP contribution in [0.1, 0.15) is 43.2 Å². The van der Waals surface area contributed by atoms with E-state index in [1.54, 1.807) is 11.1 Å². The van der Waals surface area contributed by atoms with E-state index in [1.165, 1.54) is 32.2 Å². The molecule has 1 aromatic rings. The highest BCUT2D eigenvalue weighted by atomic mass is 15.0. The first-order valence-electron chi connectivity index (χ1n) is 8.37. The van der Waals surface area contributed by atoms with Gasteiger partial charge in [0, 0.05) is 18.6 Å². The molecule has 0 spiro atoms. The molecular weight excluding hydrogens is 244 g/mol. The van der Waals surface area contributed by atoms with Crippen LogP contribution in [0.4, 0.5) is 0 Å². The standard InChI is InChI=1S/C18H26N2/c1-12(10-20-14-7-8-14)19-11-17-16-9-6-13-4-2-3-5-15(13)18(16)17/h2-5,12,14,16-20H,6-11H2,1H3. The molecule has 4 unspecified atom stereocenters. The van der Waals surface area contributed by atoms with Crippen LogP contribution in [0.25, 0.3) is 0 Å². The lowest BCUT2D eigenvalue weighted by Gasteiger charge is -2.14. The fourth-order valence-corrected chi connectivity index (χ4v) is 4.03. The number of benzene rings is 1. The minimum Gasteiger partial charge on any atom is -0.313 e. The molecule has 2 saturated carbocycles. The Balaban J connectivity index is 1.29. The monoisotopic (exact) mass is 270 g/mol. The molecule has 4 rings (SSSR count). The van der Waals surface area contributed by atoms with Crippen molar-refractivity contribution in [2.75, 3.05) is 13.1 Å². The van der Waals surface area contributed by atoms with Gasteiger partial charge in [0.2, 0.25) is 0 Å². The van der Waals surface area contributed by atoms with Crippen LogP contribution in [0.5, 0.6) is 0 Å². The van der Waals surface area contributed by atoms with Crippen molar-refractivity contribution in [3.63, 3.8) is 0 Å². The number of hydrogen-bond acceptors (Lipinski definition) is 2. The van der Waals surface area contributed by atoms with Gasteiger partial charge in [-0.25, -0.2) is 0 Å². The first-order valence-corrected chi connectivity index (χ1v) is 8.37. The molecule has 0 aromatic heterocycles. The second-order valence-corrected chi connectivity index (χ2v) is 7.08. The third-order valence-electron chi connectivity index (χ3n) is 5.48. The molecule has 0 saturated heterocycles. The zero-order chi connectivity index (χ0) is 13.5. The van der Waals surface area contributed by atoms with Gasteiger partial charge in [0.15, 0.2) is 0 Å². The zero-order valence-electron chi connectivity index (χ0n) is 12.4. The molecule has 4 atom stereocenters. The molecule has 2 N–H and O–H groups in total. The van der Waals surface area contributed by atoms with Gasteiger partial charge in [-0.2, -0.15) is 0 Å². The normalized spacial score (nSPS) is 32.4. The van der Waals surface area contributed by atoms with Crippen LogP contribution in [-0.2, 0) is 6.42 Å². The number of aryl methyl sites for hydroxylation is 1. The summed E-state index contributed by atoms with van der Waals surface area (Å²) in [7, 11) is 0. The SMILES string of the molecule is CC(CNC1CC1)NCC1C2CCc3ccccc3C21. The van der Waals surface area contributed by atoms with Crippen LogP contribution in [0, 0.1) is 11.8 Å². The molecule has 0 aliphatic heterocycles. The number of nitrogens with one attached hydrogen (secondary N) is 2. The molecule has 0 amide bonds. The van der Waals surface area contributed by atoms with Crippen molar-refractivity contribution >= 4 is 0 Å². The van der Waals surface area contributed by atoms with E-state index in [-0.39, 0.29) is 0 Å². The second kappa shape index (κ2) is 5.16. The lowest BCUT2D eigenvalue weighted by Crippen LogP contribution is -2.38. The van der Waals surface area contributed by atoms with Gasteiger partial charge in [-0.1, -0.05) is 24.3 Å². The van der Waals surface area contributed by atoms with Gasteiger partial charge in [-0.05, 0) is 68.0 Å². The first kappa shape index (κ1) is 12.8. The summed E-state index contributed by atoms with van der Waals surface area (Å²) in [5, 5.41) is 7.37. The van der Waals surface area contributed by atoms with E-state index in [1.807, 2.05) is 0 Å². The van der Waals surface area contributed by atoms with E-state index in [4.69, 9.17) is 0 Å². The lowest BCUT2D eigenvalue weighted by molar-refractivity contribution is 0.476. The van der Waals surface area contributed by atoms with Crippen LogP contribution in [0.2, 0.25) is 0 Å². The van der Waals surface area contributed by atoms with Gasteiger partial charge in [-0.15, -0.1) is 0 Å². The van der Waals surface area contributed by atoms with Gasteiger partial charge in [0.1, 0.15) is 0 Å². The Morgan fingerprint density at radius 2 is 2.05 bits per heavy atom. The molecule has 108 valence electrons. The largest absolute Gasteiger partial charge is 0.313 e. The van der Waals surface area contributed by atoms with E-state index in [0.717, 1.165) is 30.3 Å². The molecule has 3 aliphatic rings. The Hall–Kier alpha value is -0.860. The molecule has 20 heavy (non-hydrogen) atoms. The summed E-state index contributed by atoms with van der Waals surface area (Å²) in [6, 6.07) is 10.5. The smallest absolute Gasteiger partial charge is 0.0164 e. The zero-order valence-corrected chi connectivity index (χ0v) is 12.4. The fourth-order valence-electron chi connectivity index (χ4n) is 4.03. The average molecular weight is 270 g/mol. The summed E-state index contributed by atoms with van der Waals surface area (Å²) in [5.74, 6) is 2.71. The fraction of sp³-hybridized carbons (Fsp3) is 0.667. The molecule has 2 heteroatoms. The highest BCUT2D eigenvalue weighted by Gasteiger charge is 2.52. The van der Waals surface area contributed by atoms with Gasteiger partial charge >= 0.3 is 0 Å². The summed E-state index contributed by atoms with van der Waals surface area (Å²) in [5.41, 5.74) is 3.26. The topological polar surface area (TPSA) is 24.1 Å². The third kappa shape index (κ3) is 2.51. The van der Waals surface area contributed by atoms with Gasteiger partial charge in [0.25, 0.3) is 0 Å². The molecule has 2 fully saturated rings. The van der Waals surface area contributed by atoms with Crippen LogP contribution >= 0.6 is 0 Å². The van der Waals surface area contributed by atoms with E-state index in [9.17, 15) is 0 Å². The van der Waals surface area contributed by atoms with Crippen LogP contribution < -0.4 is 10.6 Å². The van der Waals surface area contributed by atoms with Crippen molar-refractivity contribution in [2.45, 2.75) is 50.6 Å². The van der Waals surface area contributed by atoms with Crippen molar-refractivity contribution < 1.29 is 0 Å². The van der Waals surface area contributed by atoms with Gasteiger partial charge < -0.3 is 10.6 Å². The van der Waals surface area contributed by atoms with E-state index in [2.05, 4.69) is 41.8 Å². The summed E-state index contributed by atoms with van der Waals surface area (Å²) in [6.07, 6.45) is 5.47. The maximum atomic E-state index is 3.75. The van der Waals surface area contributed by atoms with Crippen molar-refractivity contribution in [3.8, 4) is 0 Å². The molecule has 1 aromatic carbocycles. The quantitative estimate of drug-likeness (QED) is 0.830. The second-order valence-electron chi connectivity index (χ2n) is 7.08. The number of fused-ring (bicyclic) bond motifs is 3. The summed E-state index contributed by atoms with van der Waals surface area (Å²) in [4.78, 5) is 0. The van der Waals surface area contributed by atoms with E-state index in [0.29, 0.717) is 6.04 Å². The highest BCUT2D eigenvalue weighted by molar-refractivity contribution is 5.39. The summed E-state index contributed by atoms with van der Waals surface area (Å²) >= 11 is 0. The maximum absolute atomic E-state index is 3.75. The Bertz CT molecular complexity index is 480. The van der Waals surface area contributed by atoms with Crippen molar-refractivity contribution in [1.29, 1.82) is 0 Å². The van der Waals surface area contributed by atoms with Gasteiger partial charge in [0.05, 0.1) is 0 Å². The molecule has 2 nitrogen and oxygen atoms in total. The van der Waals surface area contributed by atoms with Gasteiger partial charge in [-0.3, -0.25) is 0 Å². The Kier molecular flexibility index (Phi) is 3.31. The lowest BCUT2D eigenvalue weighted by atomic mass is 9.92. The molecule has 0 bridgehead atoms. The molecular formula is C18H26N2. The van der Waals surface area contributed by atoms with E-state index >= 15 is 0 Å².